The quantitative estimate of drug-likeness (QED) is 0.423. The van der Waals surface area contributed by atoms with Crippen molar-refractivity contribution in [2.24, 2.45) is 11.1 Å². The summed E-state index contributed by atoms with van der Waals surface area (Å²) in [5.74, 6) is 0.171. The predicted octanol–water partition coefficient (Wildman–Crippen LogP) is 3.83. The second-order valence-electron chi connectivity index (χ2n) is 12.2. The summed E-state index contributed by atoms with van der Waals surface area (Å²) in [6.45, 7) is 5.86. The normalized spacial score (nSPS) is 25.9. The van der Waals surface area contributed by atoms with Crippen LogP contribution in [-0.4, -0.2) is 65.4 Å². The Morgan fingerprint density at radius 3 is 2.50 bits per heavy atom. The molecule has 2 saturated carbocycles. The number of piperidine rings is 1. The van der Waals surface area contributed by atoms with Crippen molar-refractivity contribution in [3.8, 4) is 10.7 Å². The molecule has 10 nitrogen and oxygen atoms in total. The number of alkyl halides is 2. The van der Waals surface area contributed by atoms with Crippen molar-refractivity contribution in [3.05, 3.63) is 23.0 Å². The van der Waals surface area contributed by atoms with Gasteiger partial charge < -0.3 is 15.4 Å². The minimum absolute atomic E-state index is 0.00239. The number of fused-ring (bicyclic) bond motifs is 1. The molecule has 2 aliphatic carbocycles. The highest BCUT2D eigenvalue weighted by Crippen LogP contribution is 2.48. The zero-order chi connectivity index (χ0) is 28.0. The lowest BCUT2D eigenvalue weighted by Crippen LogP contribution is -2.50. The van der Waals surface area contributed by atoms with Crippen LogP contribution in [0.3, 0.4) is 0 Å². The largest absolute Gasteiger partial charge is 0.376 e. The van der Waals surface area contributed by atoms with Crippen LogP contribution in [0.2, 0.25) is 0 Å². The maximum Gasteiger partial charge on any atom is 0.291 e. The van der Waals surface area contributed by atoms with E-state index in [1.807, 2.05) is 13.8 Å². The van der Waals surface area contributed by atoms with E-state index in [1.165, 1.54) is 0 Å². The number of halogens is 2. The molecule has 2 atom stereocenters. The van der Waals surface area contributed by atoms with E-state index in [0.29, 0.717) is 41.7 Å². The topological polar surface area (TPSA) is 128 Å². The van der Waals surface area contributed by atoms with Crippen molar-refractivity contribution in [3.63, 3.8) is 0 Å². The first-order valence-corrected chi connectivity index (χ1v) is 16.1. The second kappa shape index (κ2) is 9.12. The molecule has 3 aromatic rings. The van der Waals surface area contributed by atoms with Crippen molar-refractivity contribution < 1.29 is 21.9 Å². The van der Waals surface area contributed by atoms with Gasteiger partial charge in [-0.3, -0.25) is 4.40 Å². The summed E-state index contributed by atoms with van der Waals surface area (Å²) in [6.07, 6.45) is 3.86. The number of nitrogens with zero attached hydrogens (tertiary/aromatic N) is 5. The maximum atomic E-state index is 13.6. The lowest BCUT2D eigenvalue weighted by atomic mass is 9.73. The molecule has 7 rings (SSSR count). The molecule has 0 bridgehead atoms. The van der Waals surface area contributed by atoms with Gasteiger partial charge in [-0.2, -0.15) is 0 Å². The van der Waals surface area contributed by atoms with Crippen molar-refractivity contribution >= 4 is 32.7 Å². The monoisotopic (exact) mass is 593 g/mol. The fourth-order valence-electron chi connectivity index (χ4n) is 6.11. The van der Waals surface area contributed by atoms with Crippen molar-refractivity contribution in [2.75, 3.05) is 24.6 Å². The van der Waals surface area contributed by atoms with Crippen LogP contribution in [0, 0.1) is 5.41 Å². The van der Waals surface area contributed by atoms with Gasteiger partial charge in [-0.15, -0.1) is 10.2 Å². The van der Waals surface area contributed by atoms with Gasteiger partial charge in [-0.05, 0) is 58.4 Å². The molecular weight excluding hydrogens is 560 g/mol. The molecule has 0 unspecified atom stereocenters. The van der Waals surface area contributed by atoms with Gasteiger partial charge in [0.05, 0.1) is 24.1 Å². The smallest absolute Gasteiger partial charge is 0.291 e. The Hall–Kier alpha value is -2.26. The number of sulfonamides is 1. The summed E-state index contributed by atoms with van der Waals surface area (Å²) in [5, 5.41) is 7.74. The van der Waals surface area contributed by atoms with E-state index >= 15 is 0 Å². The van der Waals surface area contributed by atoms with Crippen molar-refractivity contribution in [2.45, 2.75) is 87.3 Å². The third kappa shape index (κ3) is 4.42. The Kier molecular flexibility index (Phi) is 6.07. The van der Waals surface area contributed by atoms with Gasteiger partial charge in [0.1, 0.15) is 10.6 Å². The SMILES string of the molecule is C[C@@H]1OCC2(CCN(c3cc(S(=O)(=O)NC4(C)CC4)cn4c(-c5nnc(C(F)F)s5)c(C5CC5)nc34)CC2)[C@@H]1N. The van der Waals surface area contributed by atoms with E-state index in [2.05, 4.69) is 19.8 Å². The standard InChI is InChI=1S/C26H33F2N7O3S2/c1-14-20(29)26(13-38-14)7-9-34(10-8-26)17-11-16(40(36,37)33-25(2)5-6-25)12-35-19(18(15-3-4-15)30-22(17)35)23-31-32-24(39-23)21(27)28/h11-12,14-15,20-21,33H,3-10,13,29H2,1-2H3/t14-,20+/m0/s1. The number of pyridine rings is 1. The third-order valence-electron chi connectivity index (χ3n) is 9.13. The molecule has 14 heteroatoms. The summed E-state index contributed by atoms with van der Waals surface area (Å²) in [5.41, 5.74) is 8.59. The molecule has 2 saturated heterocycles. The predicted molar refractivity (Wildman–Crippen MR) is 146 cm³/mol. The van der Waals surface area contributed by atoms with Crippen LogP contribution in [0.15, 0.2) is 17.2 Å². The molecule has 1 spiro atoms. The molecule has 4 aliphatic rings. The average Bonchev–Trinajstić information content (AvgIpc) is 3.77. The summed E-state index contributed by atoms with van der Waals surface area (Å²) in [7, 11) is -3.87. The highest BCUT2D eigenvalue weighted by molar-refractivity contribution is 7.89. The van der Waals surface area contributed by atoms with Crippen LogP contribution >= 0.6 is 11.3 Å². The number of rotatable bonds is 7. The zero-order valence-corrected chi connectivity index (χ0v) is 24.1. The lowest BCUT2D eigenvalue weighted by Gasteiger charge is -2.42. The van der Waals surface area contributed by atoms with Crippen molar-refractivity contribution in [1.82, 2.24) is 24.3 Å². The first-order valence-electron chi connectivity index (χ1n) is 13.8. The summed E-state index contributed by atoms with van der Waals surface area (Å²) < 4.78 is 64.6. The van der Waals surface area contributed by atoms with Gasteiger partial charge in [-0.1, -0.05) is 11.3 Å². The van der Waals surface area contributed by atoms with Crippen LogP contribution in [0.5, 0.6) is 0 Å². The molecule has 0 amide bonds. The second-order valence-corrected chi connectivity index (χ2v) is 14.9. The maximum absolute atomic E-state index is 13.6. The number of nitrogens with two attached hydrogens (primary N) is 1. The Labute approximate surface area is 235 Å². The van der Waals surface area contributed by atoms with Crippen LogP contribution in [0.1, 0.15) is 75.4 Å². The summed E-state index contributed by atoms with van der Waals surface area (Å²) in [4.78, 5) is 7.30. The van der Waals surface area contributed by atoms with Gasteiger partial charge in [0.2, 0.25) is 10.0 Å². The lowest BCUT2D eigenvalue weighted by molar-refractivity contribution is 0.0974. The van der Waals surface area contributed by atoms with Gasteiger partial charge in [-0.25, -0.2) is 26.9 Å². The summed E-state index contributed by atoms with van der Waals surface area (Å²) >= 11 is 0.821. The van der Waals surface area contributed by atoms with E-state index in [1.54, 1.807) is 16.7 Å². The van der Waals surface area contributed by atoms with Crippen molar-refractivity contribution in [1.29, 1.82) is 0 Å². The Balaban J connectivity index is 1.36. The van der Waals surface area contributed by atoms with E-state index in [0.717, 1.165) is 55.6 Å². The molecular formula is C26H33F2N7O3S2. The molecule has 0 radical (unpaired) electrons. The average molecular weight is 594 g/mol. The minimum atomic E-state index is -3.87. The van der Waals surface area contributed by atoms with E-state index in [9.17, 15) is 17.2 Å². The van der Waals surface area contributed by atoms with Crippen LogP contribution in [0.25, 0.3) is 16.3 Å². The first kappa shape index (κ1) is 26.6. The van der Waals surface area contributed by atoms with E-state index < -0.39 is 22.0 Å². The Morgan fingerprint density at radius 2 is 1.93 bits per heavy atom. The molecule has 0 aromatic carbocycles. The van der Waals surface area contributed by atoms with Crippen LogP contribution < -0.4 is 15.4 Å². The summed E-state index contributed by atoms with van der Waals surface area (Å²) in [6, 6.07) is 1.65. The number of ether oxygens (including phenoxy) is 1. The third-order valence-corrected chi connectivity index (χ3v) is 11.7. The molecule has 216 valence electrons. The highest BCUT2D eigenvalue weighted by atomic mass is 32.2. The Bertz CT molecular complexity index is 1570. The van der Waals surface area contributed by atoms with Crippen LogP contribution in [-0.2, 0) is 14.8 Å². The minimum Gasteiger partial charge on any atom is -0.376 e. The fourth-order valence-corrected chi connectivity index (χ4v) is 8.34. The number of imidazole rings is 1. The Morgan fingerprint density at radius 1 is 1.20 bits per heavy atom. The number of nitrogens with one attached hydrogen (secondary N) is 1. The van der Waals surface area contributed by atoms with E-state index in [-0.39, 0.29) is 33.4 Å². The number of aromatic nitrogens is 4. The molecule has 3 N–H and O–H groups in total. The van der Waals surface area contributed by atoms with Gasteiger partial charge in [0.25, 0.3) is 6.43 Å². The van der Waals surface area contributed by atoms with Gasteiger partial charge >= 0.3 is 0 Å². The number of hydrogen-bond donors (Lipinski definition) is 2. The highest BCUT2D eigenvalue weighted by Gasteiger charge is 2.48. The molecule has 5 heterocycles. The molecule has 3 aromatic heterocycles. The molecule has 2 aliphatic heterocycles. The van der Waals surface area contributed by atoms with Gasteiger partial charge in [0.15, 0.2) is 15.7 Å². The molecule has 4 fully saturated rings. The van der Waals surface area contributed by atoms with Crippen LogP contribution in [0.4, 0.5) is 14.5 Å². The number of anilines is 1. The zero-order valence-electron chi connectivity index (χ0n) is 22.4. The van der Waals surface area contributed by atoms with Gasteiger partial charge in [0, 0.05) is 42.2 Å². The van der Waals surface area contributed by atoms with E-state index in [4.69, 9.17) is 15.5 Å². The number of hydrogen-bond acceptors (Lipinski definition) is 9. The first-order chi connectivity index (χ1) is 19.0. The molecule has 40 heavy (non-hydrogen) atoms. The fraction of sp³-hybridized carbons (Fsp3) is 0.654.